The van der Waals surface area contributed by atoms with Crippen molar-refractivity contribution in [1.82, 2.24) is 4.57 Å². The Kier molecular flexibility index (Phi) is 7.65. The zero-order chi connectivity index (χ0) is 29.1. The third-order valence-electron chi connectivity index (χ3n) is 7.92. The topological polar surface area (TPSA) is 60.7 Å². The van der Waals surface area contributed by atoms with Gasteiger partial charge in [0.1, 0.15) is 5.75 Å². The van der Waals surface area contributed by atoms with E-state index in [-0.39, 0.29) is 0 Å². The van der Waals surface area contributed by atoms with Gasteiger partial charge in [-0.25, -0.2) is 4.79 Å². The van der Waals surface area contributed by atoms with Gasteiger partial charge >= 0.3 is 6.16 Å². The van der Waals surface area contributed by atoms with Gasteiger partial charge in [-0.15, -0.1) is 0 Å². The Hall–Kier alpha value is -5.03. The number of ether oxygens (including phenoxy) is 2. The number of hydrogen-bond acceptors (Lipinski definition) is 3. The van der Waals surface area contributed by atoms with Gasteiger partial charge in [0.15, 0.2) is 0 Å². The number of aryl methyl sites for hydroxylation is 3. The Bertz CT molecular complexity index is 1900. The van der Waals surface area contributed by atoms with E-state index in [2.05, 4.69) is 68.4 Å². The molecule has 6 aromatic rings. The second-order valence-corrected chi connectivity index (χ2v) is 10.6. The van der Waals surface area contributed by atoms with Crippen LogP contribution in [0.25, 0.3) is 32.8 Å². The van der Waals surface area contributed by atoms with E-state index in [1.54, 1.807) is 0 Å². The van der Waals surface area contributed by atoms with Gasteiger partial charge in [-0.05, 0) is 60.4 Å². The summed E-state index contributed by atoms with van der Waals surface area (Å²) in [4.78, 5) is 12.1. The molecule has 5 nitrogen and oxygen atoms in total. The first-order chi connectivity index (χ1) is 20.5. The number of carbonyl (C=O) groups is 1. The van der Waals surface area contributed by atoms with Gasteiger partial charge in [0.05, 0.1) is 18.7 Å². The highest BCUT2D eigenvalue weighted by atomic mass is 16.7. The molecule has 0 saturated heterocycles. The van der Waals surface area contributed by atoms with Crippen molar-refractivity contribution < 1.29 is 19.4 Å². The summed E-state index contributed by atoms with van der Waals surface area (Å²) in [7, 11) is 0. The van der Waals surface area contributed by atoms with Crippen LogP contribution in [-0.2, 0) is 13.0 Å². The molecule has 0 atom stereocenters. The molecule has 0 amide bonds. The molecule has 210 valence electrons. The lowest BCUT2D eigenvalue weighted by molar-refractivity contribution is 0.140. The fraction of sp³-hybridized carbons (Fsp3) is 0.162. The van der Waals surface area contributed by atoms with Gasteiger partial charge in [-0.3, -0.25) is 0 Å². The molecule has 0 saturated carbocycles. The average molecular weight is 556 g/mol. The second kappa shape index (κ2) is 11.8. The summed E-state index contributed by atoms with van der Waals surface area (Å²) in [5.41, 5.74) is 7.40. The number of rotatable bonds is 9. The molecule has 0 spiro atoms. The van der Waals surface area contributed by atoms with E-state index >= 15 is 0 Å². The molecule has 42 heavy (non-hydrogen) atoms. The van der Waals surface area contributed by atoms with Gasteiger partial charge in [-0.1, -0.05) is 103 Å². The van der Waals surface area contributed by atoms with E-state index in [0.717, 1.165) is 60.8 Å². The maximum absolute atomic E-state index is 12.1. The van der Waals surface area contributed by atoms with E-state index in [1.165, 1.54) is 0 Å². The quantitative estimate of drug-likeness (QED) is 0.143. The number of para-hydroxylation sites is 1. The number of aromatic nitrogens is 1. The van der Waals surface area contributed by atoms with Gasteiger partial charge in [0.2, 0.25) is 5.88 Å². The fourth-order valence-electron chi connectivity index (χ4n) is 5.85. The molecule has 1 N–H and O–H groups in total. The Morgan fingerprint density at radius 2 is 1.40 bits per heavy atom. The highest BCUT2D eigenvalue weighted by molar-refractivity contribution is 5.99. The maximum Gasteiger partial charge on any atom is 0.512 e. The van der Waals surface area contributed by atoms with Crippen molar-refractivity contribution >= 4 is 27.8 Å². The second-order valence-electron chi connectivity index (χ2n) is 10.6. The normalized spacial score (nSPS) is 11.2. The highest BCUT2D eigenvalue weighted by Crippen LogP contribution is 2.40. The van der Waals surface area contributed by atoms with Crippen molar-refractivity contribution in [2.75, 3.05) is 6.61 Å². The summed E-state index contributed by atoms with van der Waals surface area (Å²) < 4.78 is 13.9. The molecule has 0 aliphatic rings. The minimum atomic E-state index is -1.32. The minimum absolute atomic E-state index is 0.368. The van der Waals surface area contributed by atoms with E-state index in [9.17, 15) is 9.90 Å². The molecular weight excluding hydrogens is 522 g/mol. The molecule has 1 heterocycles. The molecular formula is C37H33NO4. The Morgan fingerprint density at radius 1 is 0.738 bits per heavy atom. The van der Waals surface area contributed by atoms with E-state index in [1.807, 2.05) is 59.2 Å². The van der Waals surface area contributed by atoms with Crippen LogP contribution in [-0.4, -0.2) is 22.4 Å². The van der Waals surface area contributed by atoms with Gasteiger partial charge in [-0.2, -0.15) is 0 Å². The van der Waals surface area contributed by atoms with Crippen molar-refractivity contribution in [3.8, 4) is 22.8 Å². The molecule has 5 heteroatoms. The van der Waals surface area contributed by atoms with Crippen LogP contribution in [0.3, 0.4) is 0 Å². The van der Waals surface area contributed by atoms with Crippen molar-refractivity contribution in [3.63, 3.8) is 0 Å². The van der Waals surface area contributed by atoms with E-state index < -0.39 is 6.16 Å². The smallest absolute Gasteiger partial charge is 0.493 e. The molecule has 1 aromatic heterocycles. The van der Waals surface area contributed by atoms with Crippen molar-refractivity contribution in [3.05, 3.63) is 131 Å². The summed E-state index contributed by atoms with van der Waals surface area (Å²) in [5.74, 6) is 1.21. The molecule has 0 aliphatic heterocycles. The standard InChI is InChI=1S/C37H33NO4/c1-25-12-3-5-15-28(25)24-38-35-31(29-17-7-4-13-26(29)2)19-10-20-32(35)33(36(38)42-37(39)40)21-11-23-41-34-22-9-16-27-14-6-8-18-30(27)34/h3-10,12-20,22H,11,21,23-24H2,1-2H3,(H,39,40). The number of nitrogens with zero attached hydrogens (tertiary/aromatic N) is 1. The van der Waals surface area contributed by atoms with Gasteiger partial charge < -0.3 is 19.1 Å². The monoisotopic (exact) mass is 555 g/mol. The van der Waals surface area contributed by atoms with Crippen LogP contribution in [0.15, 0.2) is 109 Å². The summed E-state index contributed by atoms with van der Waals surface area (Å²) in [5, 5.41) is 13.1. The minimum Gasteiger partial charge on any atom is -0.493 e. The van der Waals surface area contributed by atoms with Crippen LogP contribution < -0.4 is 9.47 Å². The SMILES string of the molecule is Cc1ccccc1Cn1c(OC(=O)O)c(CCCOc2cccc3ccccc23)c2cccc(-c3ccccc3C)c21. The van der Waals surface area contributed by atoms with Gasteiger partial charge in [0, 0.05) is 21.9 Å². The number of fused-ring (bicyclic) bond motifs is 2. The lowest BCUT2D eigenvalue weighted by atomic mass is 9.97. The number of carboxylic acid groups (broad SMARTS) is 1. The molecule has 6 rings (SSSR count). The Morgan fingerprint density at radius 3 is 2.21 bits per heavy atom. The number of benzene rings is 5. The summed E-state index contributed by atoms with van der Waals surface area (Å²) in [6, 6.07) is 36.9. The molecule has 0 fully saturated rings. The van der Waals surface area contributed by atoms with Crippen molar-refractivity contribution in [1.29, 1.82) is 0 Å². The van der Waals surface area contributed by atoms with E-state index in [0.29, 0.717) is 31.9 Å². The van der Waals surface area contributed by atoms with Crippen LogP contribution in [0.1, 0.15) is 28.7 Å². The Labute approximate surface area is 245 Å². The van der Waals surface area contributed by atoms with E-state index in [4.69, 9.17) is 9.47 Å². The third-order valence-corrected chi connectivity index (χ3v) is 7.92. The van der Waals surface area contributed by atoms with Crippen LogP contribution in [0, 0.1) is 13.8 Å². The first-order valence-corrected chi connectivity index (χ1v) is 14.3. The summed E-state index contributed by atoms with van der Waals surface area (Å²) in [6.07, 6.45) is -0.0337. The number of hydrogen-bond donors (Lipinski definition) is 1. The highest BCUT2D eigenvalue weighted by Gasteiger charge is 2.24. The first-order valence-electron chi connectivity index (χ1n) is 14.3. The largest absolute Gasteiger partial charge is 0.512 e. The molecule has 0 bridgehead atoms. The summed E-state index contributed by atoms with van der Waals surface area (Å²) >= 11 is 0. The molecule has 0 radical (unpaired) electrons. The molecule has 0 aliphatic carbocycles. The maximum atomic E-state index is 12.1. The average Bonchev–Trinajstić information content (AvgIpc) is 3.28. The predicted molar refractivity (Wildman–Crippen MR) is 169 cm³/mol. The van der Waals surface area contributed by atoms with Crippen LogP contribution in [0.4, 0.5) is 4.79 Å². The van der Waals surface area contributed by atoms with Crippen LogP contribution in [0.2, 0.25) is 0 Å². The third kappa shape index (κ3) is 5.34. The lowest BCUT2D eigenvalue weighted by Crippen LogP contribution is -2.11. The van der Waals surface area contributed by atoms with Crippen molar-refractivity contribution in [2.24, 2.45) is 0 Å². The van der Waals surface area contributed by atoms with Crippen molar-refractivity contribution in [2.45, 2.75) is 33.2 Å². The zero-order valence-electron chi connectivity index (χ0n) is 23.8. The van der Waals surface area contributed by atoms with Crippen LogP contribution >= 0.6 is 0 Å². The fourth-order valence-corrected chi connectivity index (χ4v) is 5.85. The molecule has 5 aromatic carbocycles. The lowest BCUT2D eigenvalue weighted by Gasteiger charge is -2.15. The Balaban J connectivity index is 1.43. The van der Waals surface area contributed by atoms with Gasteiger partial charge in [0.25, 0.3) is 0 Å². The zero-order valence-corrected chi connectivity index (χ0v) is 23.8. The molecule has 0 unspecified atom stereocenters. The predicted octanol–water partition coefficient (Wildman–Crippen LogP) is 9.20. The summed E-state index contributed by atoms with van der Waals surface area (Å²) in [6.45, 7) is 5.15. The van der Waals surface area contributed by atoms with Crippen LogP contribution in [0.5, 0.6) is 11.6 Å². The first kappa shape index (κ1) is 27.2.